The van der Waals surface area contributed by atoms with Gasteiger partial charge < -0.3 is 23.4 Å². The van der Waals surface area contributed by atoms with Crippen LogP contribution in [0, 0.1) is 0 Å². The van der Waals surface area contributed by atoms with Crippen molar-refractivity contribution in [3.8, 4) is 28.4 Å². The summed E-state index contributed by atoms with van der Waals surface area (Å²) in [6, 6.07) is 22.7. The highest BCUT2D eigenvalue weighted by molar-refractivity contribution is 7.21. The quantitative estimate of drug-likeness (QED) is 0.0270. The fraction of sp³-hybridized carbons (Fsp3) is 0.520. The van der Waals surface area contributed by atoms with Gasteiger partial charge in [-0.15, -0.1) is 11.3 Å². The third-order valence-electron chi connectivity index (χ3n) is 10.8. The number of carbonyl (C=O) groups excluding carboxylic acids is 2. The minimum absolute atomic E-state index is 0.389. The second-order valence-electron chi connectivity index (χ2n) is 15.6. The molecule has 0 N–H and O–H groups in total. The number of esters is 2. The van der Waals surface area contributed by atoms with Crippen LogP contribution in [0.25, 0.3) is 32.4 Å². The van der Waals surface area contributed by atoms with Gasteiger partial charge in [-0.2, -0.15) is 0 Å². The summed E-state index contributed by atoms with van der Waals surface area (Å²) >= 11 is 1.31. The van der Waals surface area contributed by atoms with E-state index in [4.69, 9.17) is 23.4 Å². The summed E-state index contributed by atoms with van der Waals surface area (Å²) in [7, 11) is 0. The van der Waals surface area contributed by atoms with Crippen molar-refractivity contribution in [2.24, 2.45) is 0 Å². The number of unbranched alkanes of at least 4 members (excludes halogenated alkanes) is 18. The maximum atomic E-state index is 13.1. The van der Waals surface area contributed by atoms with Gasteiger partial charge in [-0.3, -0.25) is 0 Å². The van der Waals surface area contributed by atoms with E-state index >= 15 is 0 Å². The number of benzene rings is 3. The summed E-state index contributed by atoms with van der Waals surface area (Å²) in [5.41, 5.74) is 3.25. The summed E-state index contributed by atoms with van der Waals surface area (Å²) in [6.07, 6.45) is 25.0. The van der Waals surface area contributed by atoms with Crippen molar-refractivity contribution in [1.82, 2.24) is 0 Å². The Kier molecular flexibility index (Phi) is 19.7. The molecule has 0 spiro atoms. The number of fused-ring (bicyclic) bond motifs is 3. The first-order valence-corrected chi connectivity index (χ1v) is 23.1. The van der Waals surface area contributed by atoms with Crippen LogP contribution in [0.4, 0.5) is 0 Å². The van der Waals surface area contributed by atoms with E-state index in [1.54, 1.807) is 25.1 Å². The molecular weight excluding hydrogens is 745 g/mol. The summed E-state index contributed by atoms with van der Waals surface area (Å²) in [4.78, 5) is 26.3. The number of furan rings is 1. The zero-order chi connectivity index (χ0) is 40.8. The first kappa shape index (κ1) is 45.0. The molecule has 2 aromatic heterocycles. The van der Waals surface area contributed by atoms with Crippen LogP contribution in [0.5, 0.6) is 17.2 Å². The molecule has 3 aromatic carbocycles. The maximum absolute atomic E-state index is 13.1. The lowest BCUT2D eigenvalue weighted by Crippen LogP contribution is -2.26. The Morgan fingerprint density at radius 3 is 1.62 bits per heavy atom. The zero-order valence-corrected chi connectivity index (χ0v) is 36.1. The molecule has 8 heteroatoms. The van der Waals surface area contributed by atoms with Crippen molar-refractivity contribution < 1.29 is 33.0 Å². The van der Waals surface area contributed by atoms with Crippen LogP contribution >= 0.6 is 11.3 Å². The number of ether oxygens (including phenoxy) is 4. The van der Waals surface area contributed by atoms with Crippen molar-refractivity contribution in [3.05, 3.63) is 77.7 Å². The fourth-order valence-electron chi connectivity index (χ4n) is 7.21. The van der Waals surface area contributed by atoms with E-state index in [1.165, 1.54) is 120 Å². The predicted molar refractivity (Wildman–Crippen MR) is 239 cm³/mol. The Balaban J connectivity index is 1.00. The van der Waals surface area contributed by atoms with Gasteiger partial charge in [0.05, 0.1) is 11.3 Å². The van der Waals surface area contributed by atoms with Gasteiger partial charge in [-0.25, -0.2) is 9.59 Å². The Labute approximate surface area is 350 Å². The smallest absolute Gasteiger partial charge is 0.353 e. The lowest BCUT2D eigenvalue weighted by Gasteiger charge is -2.12. The number of hydrogen-bond donors (Lipinski definition) is 0. The van der Waals surface area contributed by atoms with Gasteiger partial charge in [0, 0.05) is 24.1 Å². The molecule has 7 nitrogen and oxygen atoms in total. The van der Waals surface area contributed by atoms with Gasteiger partial charge in [0.2, 0.25) is 0 Å². The van der Waals surface area contributed by atoms with E-state index in [-0.39, 0.29) is 0 Å². The van der Waals surface area contributed by atoms with Crippen molar-refractivity contribution in [3.63, 3.8) is 0 Å². The van der Waals surface area contributed by atoms with Crippen LogP contribution in [-0.4, -0.2) is 31.3 Å². The predicted octanol–water partition coefficient (Wildman–Crippen LogP) is 15.1. The normalized spacial score (nSPS) is 12.0. The van der Waals surface area contributed by atoms with Gasteiger partial charge in [0.1, 0.15) is 33.3 Å². The number of hydrogen-bond acceptors (Lipinski definition) is 8. The second kappa shape index (κ2) is 25.4. The van der Waals surface area contributed by atoms with Crippen LogP contribution in [0.2, 0.25) is 0 Å². The molecule has 2 heterocycles. The van der Waals surface area contributed by atoms with Gasteiger partial charge in [-0.05, 0) is 67.3 Å². The Morgan fingerprint density at radius 1 is 0.552 bits per heavy atom. The standard InChI is InChI=1S/C50H66O7S/c1-4-6-8-10-12-14-16-18-20-22-34-53-38(3)49(51)56-43-32-33-44-45(36-43)57-46-37-47(58-48(44)46)50(52)55-42-30-26-40(27-31-42)39-24-28-41(29-25-39)54-35-23-21-19-17-15-13-11-9-7-5-2/h24-33,36-38H,4-23,34-35H2,1-3H3. The number of rotatable bonds is 29. The van der Waals surface area contributed by atoms with Crippen LogP contribution in [0.15, 0.2) is 77.2 Å². The molecule has 314 valence electrons. The van der Waals surface area contributed by atoms with Crippen LogP contribution in [0.3, 0.4) is 0 Å². The Bertz CT molecular complexity index is 1920. The highest BCUT2D eigenvalue weighted by Crippen LogP contribution is 2.37. The molecule has 1 atom stereocenters. The van der Waals surface area contributed by atoms with Gasteiger partial charge in [0.25, 0.3) is 0 Å². The Hall–Kier alpha value is -4.14. The monoisotopic (exact) mass is 810 g/mol. The molecule has 5 aromatic rings. The van der Waals surface area contributed by atoms with E-state index in [1.807, 2.05) is 42.5 Å². The number of thiophene rings is 1. The van der Waals surface area contributed by atoms with Crippen molar-refractivity contribution >= 4 is 44.5 Å². The number of carbonyl (C=O) groups is 2. The highest BCUT2D eigenvalue weighted by atomic mass is 32.1. The molecule has 0 aliphatic carbocycles. The molecule has 1 unspecified atom stereocenters. The van der Waals surface area contributed by atoms with Crippen LogP contribution < -0.4 is 14.2 Å². The average Bonchev–Trinajstić information content (AvgIpc) is 3.81. The van der Waals surface area contributed by atoms with Crippen molar-refractivity contribution in [2.75, 3.05) is 13.2 Å². The summed E-state index contributed by atoms with van der Waals surface area (Å²) in [5.74, 6) is 0.857. The summed E-state index contributed by atoms with van der Waals surface area (Å²) < 4.78 is 30.0. The van der Waals surface area contributed by atoms with Crippen molar-refractivity contribution in [1.29, 1.82) is 0 Å². The van der Waals surface area contributed by atoms with E-state index in [9.17, 15) is 9.59 Å². The van der Waals surface area contributed by atoms with Crippen LogP contribution in [-0.2, 0) is 9.53 Å². The molecule has 0 radical (unpaired) electrons. The van der Waals surface area contributed by atoms with Gasteiger partial charge in [-0.1, -0.05) is 154 Å². The third-order valence-corrected chi connectivity index (χ3v) is 11.9. The molecule has 0 saturated heterocycles. The van der Waals surface area contributed by atoms with E-state index in [0.29, 0.717) is 34.1 Å². The first-order valence-electron chi connectivity index (χ1n) is 22.3. The van der Waals surface area contributed by atoms with Crippen molar-refractivity contribution in [2.45, 2.75) is 155 Å². The lowest BCUT2D eigenvalue weighted by molar-refractivity contribution is -0.146. The highest BCUT2D eigenvalue weighted by Gasteiger charge is 2.20. The molecule has 0 bridgehead atoms. The molecule has 0 amide bonds. The first-order chi connectivity index (χ1) is 28.4. The largest absolute Gasteiger partial charge is 0.494 e. The van der Waals surface area contributed by atoms with Gasteiger partial charge in [0.15, 0.2) is 6.10 Å². The maximum Gasteiger partial charge on any atom is 0.353 e. The minimum atomic E-state index is -0.658. The summed E-state index contributed by atoms with van der Waals surface area (Å²) in [5, 5.41) is 0.837. The second-order valence-corrected chi connectivity index (χ2v) is 16.7. The molecule has 0 aliphatic rings. The fourth-order valence-corrected chi connectivity index (χ4v) is 8.20. The molecule has 0 fully saturated rings. The minimum Gasteiger partial charge on any atom is -0.494 e. The molecule has 5 rings (SSSR count). The van der Waals surface area contributed by atoms with Crippen LogP contribution in [0.1, 0.15) is 159 Å². The third kappa shape index (κ3) is 14.9. The molecule has 58 heavy (non-hydrogen) atoms. The zero-order valence-electron chi connectivity index (χ0n) is 35.3. The van der Waals surface area contributed by atoms with E-state index < -0.39 is 18.0 Å². The molecular formula is C50H66O7S. The SMILES string of the molecule is CCCCCCCCCCCCOc1ccc(-c2ccc(OC(=O)c3cc4oc5cc(OC(=O)C(C)OCCCCCCCCCCCC)ccc5c4s3)cc2)cc1. The topological polar surface area (TPSA) is 84.2 Å². The summed E-state index contributed by atoms with van der Waals surface area (Å²) in [6.45, 7) is 7.53. The average molecular weight is 811 g/mol. The van der Waals surface area contributed by atoms with Gasteiger partial charge >= 0.3 is 11.9 Å². The lowest BCUT2D eigenvalue weighted by atomic mass is 10.1. The molecule has 0 saturated carbocycles. The molecule has 0 aliphatic heterocycles. The Morgan fingerprint density at radius 2 is 1.05 bits per heavy atom. The van der Waals surface area contributed by atoms with E-state index in [0.717, 1.165) is 52.8 Å². The van der Waals surface area contributed by atoms with E-state index in [2.05, 4.69) is 26.0 Å².